The fraction of sp³-hybridized carbons (Fsp3) is 0.130. The molecule has 0 saturated heterocycles. The highest BCUT2D eigenvalue weighted by molar-refractivity contribution is 5.90. The van der Waals surface area contributed by atoms with Crippen LogP contribution >= 0.6 is 0 Å². The van der Waals surface area contributed by atoms with E-state index >= 15 is 0 Å². The number of carbonyl (C=O) groups excluding carboxylic acids is 1. The molecule has 30 heavy (non-hydrogen) atoms. The molecule has 0 spiro atoms. The van der Waals surface area contributed by atoms with Crippen molar-refractivity contribution in [1.82, 2.24) is 20.2 Å². The van der Waals surface area contributed by atoms with Crippen molar-refractivity contribution >= 4 is 22.9 Å². The number of fused-ring (bicyclic) bond motifs is 1. The number of hydrazone groups is 1. The number of methoxy groups -OCH3 is 1. The molecular formula is C23H21N5O2. The van der Waals surface area contributed by atoms with Gasteiger partial charge in [0.05, 0.1) is 6.21 Å². The van der Waals surface area contributed by atoms with Crippen LogP contribution in [0, 0.1) is 0 Å². The molecule has 7 nitrogen and oxygen atoms in total. The van der Waals surface area contributed by atoms with Crippen LogP contribution in [0.4, 0.5) is 0 Å². The molecule has 2 aromatic carbocycles. The number of nitrogens with zero attached hydrogens (tertiary/aromatic N) is 4. The molecule has 2 aromatic heterocycles. The zero-order chi connectivity index (χ0) is 20.9. The van der Waals surface area contributed by atoms with Gasteiger partial charge < -0.3 is 4.74 Å². The molecule has 4 rings (SSSR count). The van der Waals surface area contributed by atoms with Crippen LogP contribution in [0.5, 0.6) is 0 Å². The minimum absolute atomic E-state index is 0.356. The summed E-state index contributed by atoms with van der Waals surface area (Å²) in [7, 11) is 3.34. The Hall–Kier alpha value is -3.84. The van der Waals surface area contributed by atoms with E-state index in [0.717, 1.165) is 27.5 Å². The van der Waals surface area contributed by atoms with Crippen molar-refractivity contribution in [2.24, 2.45) is 12.1 Å². The summed E-state index contributed by atoms with van der Waals surface area (Å²) in [5.41, 5.74) is 5.83. The van der Waals surface area contributed by atoms with Gasteiger partial charge in [-0.1, -0.05) is 36.4 Å². The predicted octanol–water partition coefficient (Wildman–Crippen LogP) is 3.47. The van der Waals surface area contributed by atoms with Gasteiger partial charge in [-0.15, -0.1) is 0 Å². The van der Waals surface area contributed by atoms with Crippen molar-refractivity contribution in [3.05, 3.63) is 84.4 Å². The van der Waals surface area contributed by atoms with Crippen LogP contribution in [-0.2, 0) is 16.6 Å². The fourth-order valence-electron chi connectivity index (χ4n) is 3.34. The van der Waals surface area contributed by atoms with Gasteiger partial charge in [-0.25, -0.2) is 5.43 Å². The SMILES string of the molecule is COC(C(=O)N/N=C/c1nn(C)cc1-c1ccncc1)c1ccc2ccccc2c1. The number of hydrogen-bond acceptors (Lipinski definition) is 5. The summed E-state index contributed by atoms with van der Waals surface area (Å²) in [6, 6.07) is 17.6. The number of aromatic nitrogens is 3. The highest BCUT2D eigenvalue weighted by atomic mass is 16.5. The monoisotopic (exact) mass is 399 g/mol. The summed E-state index contributed by atoms with van der Waals surface area (Å²) >= 11 is 0. The molecular weight excluding hydrogens is 378 g/mol. The third kappa shape index (κ3) is 4.11. The molecule has 0 aliphatic rings. The highest BCUT2D eigenvalue weighted by Gasteiger charge is 2.20. The topological polar surface area (TPSA) is 81.4 Å². The third-order valence-corrected chi connectivity index (χ3v) is 4.76. The molecule has 0 fully saturated rings. The molecule has 0 radical (unpaired) electrons. The summed E-state index contributed by atoms with van der Waals surface area (Å²) in [5, 5.41) is 10.7. The Kier molecular flexibility index (Phi) is 5.63. The molecule has 7 heteroatoms. The fourth-order valence-corrected chi connectivity index (χ4v) is 3.34. The molecule has 150 valence electrons. The van der Waals surface area contributed by atoms with Crippen LogP contribution in [0.1, 0.15) is 17.4 Å². The number of aryl methyl sites for hydroxylation is 1. The molecule has 1 atom stereocenters. The normalized spacial score (nSPS) is 12.3. The van der Waals surface area contributed by atoms with E-state index in [9.17, 15) is 4.79 Å². The Morgan fingerprint density at radius 2 is 1.90 bits per heavy atom. The van der Waals surface area contributed by atoms with E-state index in [1.807, 2.05) is 67.8 Å². The molecule has 0 bridgehead atoms. The zero-order valence-corrected chi connectivity index (χ0v) is 16.7. The number of carbonyl (C=O) groups is 1. The van der Waals surface area contributed by atoms with E-state index in [0.29, 0.717) is 5.69 Å². The summed E-state index contributed by atoms with van der Waals surface area (Å²) < 4.78 is 7.13. The first kappa shape index (κ1) is 19.5. The second-order valence-corrected chi connectivity index (χ2v) is 6.79. The van der Waals surface area contributed by atoms with Gasteiger partial charge in [0.25, 0.3) is 5.91 Å². The Bertz CT molecular complexity index is 1200. The van der Waals surface area contributed by atoms with Gasteiger partial charge in [0.15, 0.2) is 6.10 Å². The molecule has 2 heterocycles. The molecule has 0 aliphatic heterocycles. The number of ether oxygens (including phenoxy) is 1. The van der Waals surface area contributed by atoms with Crippen LogP contribution in [0.25, 0.3) is 21.9 Å². The minimum atomic E-state index is -0.768. The van der Waals surface area contributed by atoms with Crippen LogP contribution < -0.4 is 5.43 Å². The average Bonchev–Trinajstić information content (AvgIpc) is 3.15. The lowest BCUT2D eigenvalue weighted by Crippen LogP contribution is -2.26. The molecule has 1 amide bonds. The van der Waals surface area contributed by atoms with Gasteiger partial charge in [-0.05, 0) is 40.1 Å². The largest absolute Gasteiger partial charge is 0.367 e. The smallest absolute Gasteiger partial charge is 0.273 e. The predicted molar refractivity (Wildman–Crippen MR) is 116 cm³/mol. The number of amides is 1. The lowest BCUT2D eigenvalue weighted by atomic mass is 10.0. The molecule has 0 saturated carbocycles. The van der Waals surface area contributed by atoms with Crippen molar-refractivity contribution in [2.45, 2.75) is 6.10 Å². The average molecular weight is 399 g/mol. The first-order valence-corrected chi connectivity index (χ1v) is 9.44. The van der Waals surface area contributed by atoms with Gasteiger partial charge >= 0.3 is 0 Å². The van der Waals surface area contributed by atoms with Crippen LogP contribution in [0.3, 0.4) is 0 Å². The number of pyridine rings is 1. The minimum Gasteiger partial charge on any atom is -0.367 e. The second-order valence-electron chi connectivity index (χ2n) is 6.79. The first-order chi connectivity index (χ1) is 14.7. The first-order valence-electron chi connectivity index (χ1n) is 9.44. The molecule has 0 aliphatic carbocycles. The standard InChI is InChI=1S/C23H21N5O2/c1-28-15-20(17-9-11-24-12-10-17)21(27-28)14-25-26-23(29)22(30-2)19-8-7-16-5-3-4-6-18(16)13-19/h3-15,22H,1-2H3,(H,26,29)/b25-14+. The summed E-state index contributed by atoms with van der Waals surface area (Å²) in [4.78, 5) is 16.7. The second kappa shape index (κ2) is 8.67. The van der Waals surface area contributed by atoms with E-state index in [1.165, 1.54) is 13.3 Å². The summed E-state index contributed by atoms with van der Waals surface area (Å²) in [6.07, 6.45) is 6.09. The third-order valence-electron chi connectivity index (χ3n) is 4.76. The van der Waals surface area contributed by atoms with E-state index in [-0.39, 0.29) is 5.91 Å². The zero-order valence-electron chi connectivity index (χ0n) is 16.7. The number of nitrogens with one attached hydrogen (secondary N) is 1. The Morgan fingerprint density at radius 3 is 2.67 bits per heavy atom. The lowest BCUT2D eigenvalue weighted by molar-refractivity contribution is -0.131. The number of hydrogen-bond donors (Lipinski definition) is 1. The van der Waals surface area contributed by atoms with Gasteiger partial charge in [-0.2, -0.15) is 10.2 Å². The van der Waals surface area contributed by atoms with E-state index in [4.69, 9.17) is 4.74 Å². The maximum Gasteiger partial charge on any atom is 0.273 e. The Balaban J connectivity index is 1.51. The van der Waals surface area contributed by atoms with Gasteiger partial charge in [0.2, 0.25) is 0 Å². The lowest BCUT2D eigenvalue weighted by Gasteiger charge is -2.14. The van der Waals surface area contributed by atoms with Crippen LogP contribution in [0.2, 0.25) is 0 Å². The maximum absolute atomic E-state index is 12.7. The highest BCUT2D eigenvalue weighted by Crippen LogP contribution is 2.23. The van der Waals surface area contributed by atoms with E-state index < -0.39 is 6.10 Å². The van der Waals surface area contributed by atoms with Crippen molar-refractivity contribution in [3.63, 3.8) is 0 Å². The van der Waals surface area contributed by atoms with E-state index in [2.05, 4.69) is 20.6 Å². The van der Waals surface area contributed by atoms with Gasteiger partial charge in [0, 0.05) is 38.3 Å². The number of rotatable bonds is 6. The Labute approximate surface area is 174 Å². The van der Waals surface area contributed by atoms with Crippen molar-refractivity contribution in [1.29, 1.82) is 0 Å². The quantitative estimate of drug-likeness (QED) is 0.398. The van der Waals surface area contributed by atoms with Crippen LogP contribution in [-0.4, -0.2) is 34.0 Å². The van der Waals surface area contributed by atoms with Gasteiger partial charge in [-0.3, -0.25) is 14.5 Å². The summed E-state index contributed by atoms with van der Waals surface area (Å²) in [6.45, 7) is 0. The molecule has 1 N–H and O–H groups in total. The van der Waals surface area contributed by atoms with E-state index in [1.54, 1.807) is 17.1 Å². The number of benzene rings is 2. The molecule has 1 unspecified atom stereocenters. The molecule has 4 aromatic rings. The summed E-state index contributed by atoms with van der Waals surface area (Å²) in [5.74, 6) is -0.356. The maximum atomic E-state index is 12.7. The van der Waals surface area contributed by atoms with Crippen LogP contribution in [0.15, 0.2) is 78.3 Å². The van der Waals surface area contributed by atoms with Crippen molar-refractivity contribution in [3.8, 4) is 11.1 Å². The van der Waals surface area contributed by atoms with Gasteiger partial charge in [0.1, 0.15) is 5.69 Å². The van der Waals surface area contributed by atoms with Crippen molar-refractivity contribution < 1.29 is 9.53 Å². The Morgan fingerprint density at radius 1 is 1.13 bits per heavy atom. The van der Waals surface area contributed by atoms with Crippen molar-refractivity contribution in [2.75, 3.05) is 7.11 Å².